The van der Waals surface area contributed by atoms with Gasteiger partial charge in [-0.1, -0.05) is 0 Å². The molecule has 0 aromatic heterocycles. The smallest absolute Gasteiger partial charge is 0.136 e. The molecule has 0 aromatic rings. The molecule has 2 saturated carbocycles. The zero-order valence-corrected chi connectivity index (χ0v) is 7.27. The topological polar surface area (TPSA) is 17.1 Å². The van der Waals surface area contributed by atoms with Gasteiger partial charge in [0.2, 0.25) is 0 Å². The van der Waals surface area contributed by atoms with Gasteiger partial charge in [-0.25, -0.2) is 0 Å². The van der Waals surface area contributed by atoms with Crippen LogP contribution in [0.15, 0.2) is 0 Å². The molecule has 4 atom stereocenters. The average molecular weight is 168 g/mol. The Bertz CT molecular complexity index is 214. The summed E-state index contributed by atoms with van der Waals surface area (Å²) in [6.45, 7) is 0. The average Bonchev–Trinajstić information content (AvgIpc) is 2.52. The third-order valence-electron chi connectivity index (χ3n) is 3.73. The first-order valence-corrected chi connectivity index (χ1v) is 5.62. The molecule has 0 aromatic carbocycles. The third-order valence-corrected chi connectivity index (χ3v) is 4.97. The number of fused-ring (bicyclic) bond motifs is 5. The van der Waals surface area contributed by atoms with Crippen LogP contribution in [0.5, 0.6) is 0 Å². The van der Waals surface area contributed by atoms with Crippen LogP contribution < -0.4 is 0 Å². The maximum absolute atomic E-state index is 11.4. The molecule has 1 nitrogen and oxygen atoms in total. The lowest BCUT2D eigenvalue weighted by Crippen LogP contribution is -2.26. The molecule has 2 aliphatic carbocycles. The number of ketones is 1. The SMILES string of the molecule is O=C1C[C@H]2C[C@@H]1[C@@H]1CSC[C@H]21. The van der Waals surface area contributed by atoms with Gasteiger partial charge < -0.3 is 0 Å². The molecule has 0 spiro atoms. The van der Waals surface area contributed by atoms with Crippen molar-refractivity contribution < 1.29 is 4.79 Å². The van der Waals surface area contributed by atoms with Gasteiger partial charge >= 0.3 is 0 Å². The van der Waals surface area contributed by atoms with E-state index in [0.717, 1.165) is 24.2 Å². The summed E-state index contributed by atoms with van der Waals surface area (Å²) in [5.74, 6) is 6.23. The van der Waals surface area contributed by atoms with Crippen LogP contribution >= 0.6 is 11.8 Å². The Kier molecular flexibility index (Phi) is 1.21. The molecule has 1 saturated heterocycles. The fourth-order valence-corrected chi connectivity index (χ4v) is 4.86. The molecule has 0 N–H and O–H groups in total. The van der Waals surface area contributed by atoms with E-state index in [-0.39, 0.29) is 0 Å². The summed E-state index contributed by atoms with van der Waals surface area (Å²) < 4.78 is 0. The van der Waals surface area contributed by atoms with E-state index in [4.69, 9.17) is 0 Å². The van der Waals surface area contributed by atoms with Crippen molar-refractivity contribution in [2.45, 2.75) is 12.8 Å². The zero-order chi connectivity index (χ0) is 7.42. The normalized spacial score (nSPS) is 53.6. The summed E-state index contributed by atoms with van der Waals surface area (Å²) >= 11 is 2.06. The number of rotatable bonds is 0. The number of carbonyl (C=O) groups is 1. The molecule has 3 aliphatic rings. The van der Waals surface area contributed by atoms with Gasteiger partial charge in [0, 0.05) is 12.3 Å². The van der Waals surface area contributed by atoms with Crippen molar-refractivity contribution in [2.75, 3.05) is 11.5 Å². The fraction of sp³-hybridized carbons (Fsp3) is 0.889. The van der Waals surface area contributed by atoms with Crippen LogP contribution in [0, 0.1) is 23.7 Å². The van der Waals surface area contributed by atoms with Crippen molar-refractivity contribution in [2.24, 2.45) is 23.7 Å². The van der Waals surface area contributed by atoms with E-state index in [1.165, 1.54) is 17.9 Å². The standard InChI is InChI=1S/C9H12OS/c10-9-2-5-1-6(9)8-4-11-3-7(5)8/h5-8H,1-4H2/t5-,6-,7-,8+/m1/s1. The quantitative estimate of drug-likeness (QED) is 0.546. The molecule has 2 heteroatoms. The minimum absolute atomic E-state index is 0.500. The van der Waals surface area contributed by atoms with Crippen LogP contribution in [0.25, 0.3) is 0 Å². The molecule has 0 radical (unpaired) electrons. The van der Waals surface area contributed by atoms with Gasteiger partial charge in [0.1, 0.15) is 5.78 Å². The van der Waals surface area contributed by atoms with E-state index < -0.39 is 0 Å². The molecule has 1 aliphatic heterocycles. The van der Waals surface area contributed by atoms with Crippen molar-refractivity contribution in [3.8, 4) is 0 Å². The summed E-state index contributed by atoms with van der Waals surface area (Å²) in [5, 5.41) is 0. The van der Waals surface area contributed by atoms with E-state index in [2.05, 4.69) is 11.8 Å². The molecule has 2 bridgehead atoms. The van der Waals surface area contributed by atoms with Gasteiger partial charge in [0.15, 0.2) is 0 Å². The van der Waals surface area contributed by atoms with Gasteiger partial charge in [-0.15, -0.1) is 0 Å². The second-order valence-electron chi connectivity index (χ2n) is 4.14. The number of hydrogen-bond donors (Lipinski definition) is 0. The number of Topliss-reactive ketones (excluding diaryl/α,β-unsaturated/α-hetero) is 1. The number of thioether (sulfide) groups is 1. The summed E-state index contributed by atoms with van der Waals surface area (Å²) in [6, 6.07) is 0. The summed E-state index contributed by atoms with van der Waals surface area (Å²) in [7, 11) is 0. The number of hydrogen-bond acceptors (Lipinski definition) is 2. The third kappa shape index (κ3) is 0.715. The van der Waals surface area contributed by atoms with Crippen molar-refractivity contribution >= 4 is 17.5 Å². The zero-order valence-electron chi connectivity index (χ0n) is 6.45. The minimum atomic E-state index is 0.500. The van der Waals surface area contributed by atoms with Gasteiger partial charge in [0.25, 0.3) is 0 Å². The Morgan fingerprint density at radius 2 is 2.09 bits per heavy atom. The highest BCUT2D eigenvalue weighted by molar-refractivity contribution is 7.99. The Balaban J connectivity index is 1.95. The Hall–Kier alpha value is 0.0200. The van der Waals surface area contributed by atoms with Crippen LogP contribution in [0.4, 0.5) is 0 Å². The van der Waals surface area contributed by atoms with E-state index in [9.17, 15) is 4.79 Å². The molecule has 0 unspecified atom stereocenters. The fourth-order valence-electron chi connectivity index (χ4n) is 3.18. The first-order chi connectivity index (χ1) is 5.36. The molecule has 1 heterocycles. The summed E-state index contributed by atoms with van der Waals surface area (Å²) in [5.41, 5.74) is 0. The second kappa shape index (κ2) is 2.03. The molecule has 0 amide bonds. The van der Waals surface area contributed by atoms with Crippen LogP contribution in [-0.2, 0) is 4.79 Å². The number of carbonyl (C=O) groups excluding carboxylic acids is 1. The predicted octanol–water partition coefficient (Wildman–Crippen LogP) is 1.57. The van der Waals surface area contributed by atoms with Crippen molar-refractivity contribution in [3.63, 3.8) is 0 Å². The van der Waals surface area contributed by atoms with Crippen LogP contribution in [0.1, 0.15) is 12.8 Å². The second-order valence-corrected chi connectivity index (χ2v) is 5.21. The largest absolute Gasteiger partial charge is 0.299 e. The molecular formula is C9H12OS. The monoisotopic (exact) mass is 168 g/mol. The van der Waals surface area contributed by atoms with Crippen molar-refractivity contribution in [1.82, 2.24) is 0 Å². The van der Waals surface area contributed by atoms with Gasteiger partial charge in [-0.05, 0) is 35.7 Å². The highest BCUT2D eigenvalue weighted by atomic mass is 32.2. The molecule has 3 fully saturated rings. The van der Waals surface area contributed by atoms with Crippen LogP contribution in [0.2, 0.25) is 0 Å². The van der Waals surface area contributed by atoms with E-state index in [0.29, 0.717) is 11.7 Å². The summed E-state index contributed by atoms with van der Waals surface area (Å²) in [4.78, 5) is 11.4. The molecular weight excluding hydrogens is 156 g/mol. The summed E-state index contributed by atoms with van der Waals surface area (Å²) in [6.07, 6.45) is 2.17. The highest BCUT2D eigenvalue weighted by Gasteiger charge is 2.53. The Labute approximate surface area is 70.9 Å². The van der Waals surface area contributed by atoms with Crippen LogP contribution in [0.3, 0.4) is 0 Å². The maximum Gasteiger partial charge on any atom is 0.136 e. The lowest BCUT2D eigenvalue weighted by Gasteiger charge is -2.21. The van der Waals surface area contributed by atoms with Gasteiger partial charge in [-0.3, -0.25) is 4.79 Å². The first kappa shape index (κ1) is 6.53. The highest BCUT2D eigenvalue weighted by Crippen LogP contribution is 2.55. The van der Waals surface area contributed by atoms with Crippen LogP contribution in [-0.4, -0.2) is 17.3 Å². The minimum Gasteiger partial charge on any atom is -0.299 e. The lowest BCUT2D eigenvalue weighted by atomic mass is 9.81. The van der Waals surface area contributed by atoms with E-state index in [1.807, 2.05) is 0 Å². The van der Waals surface area contributed by atoms with E-state index in [1.54, 1.807) is 0 Å². The molecule has 11 heavy (non-hydrogen) atoms. The molecule has 60 valence electrons. The molecule has 3 rings (SSSR count). The van der Waals surface area contributed by atoms with Crippen molar-refractivity contribution in [1.29, 1.82) is 0 Å². The van der Waals surface area contributed by atoms with Gasteiger partial charge in [0.05, 0.1) is 0 Å². The van der Waals surface area contributed by atoms with E-state index >= 15 is 0 Å². The van der Waals surface area contributed by atoms with Gasteiger partial charge in [-0.2, -0.15) is 11.8 Å². The predicted molar refractivity (Wildman–Crippen MR) is 45.5 cm³/mol. The Morgan fingerprint density at radius 3 is 3.00 bits per heavy atom. The Morgan fingerprint density at radius 1 is 1.27 bits per heavy atom. The maximum atomic E-state index is 11.4. The lowest BCUT2D eigenvalue weighted by molar-refractivity contribution is -0.123. The first-order valence-electron chi connectivity index (χ1n) is 4.46. The van der Waals surface area contributed by atoms with Crippen molar-refractivity contribution in [3.05, 3.63) is 0 Å².